The zero-order valence-corrected chi connectivity index (χ0v) is 13.3. The second kappa shape index (κ2) is 7.98. The summed E-state index contributed by atoms with van der Waals surface area (Å²) >= 11 is 0. The Hall–Kier alpha value is -2.82. The summed E-state index contributed by atoms with van der Waals surface area (Å²) in [6.07, 6.45) is 0. The topological polar surface area (TPSA) is 67.4 Å². The largest absolute Gasteiger partial charge is 0.497 e. The first kappa shape index (κ1) is 16.5. The van der Waals surface area contributed by atoms with Crippen LogP contribution in [0.25, 0.3) is 0 Å². The van der Waals surface area contributed by atoms with E-state index >= 15 is 0 Å². The van der Waals surface area contributed by atoms with Crippen LogP contribution >= 0.6 is 0 Å². The molecule has 2 aromatic carbocycles. The number of ether oxygens (including phenoxy) is 1. The first-order valence-corrected chi connectivity index (χ1v) is 7.33. The van der Waals surface area contributed by atoms with Gasteiger partial charge in [-0.1, -0.05) is 24.3 Å². The maximum Gasteiger partial charge on any atom is 0.239 e. The monoisotopic (exact) mass is 312 g/mol. The Morgan fingerprint density at radius 2 is 1.87 bits per heavy atom. The molecule has 0 aromatic heterocycles. The Bertz CT molecular complexity index is 698. The van der Waals surface area contributed by atoms with Crippen LogP contribution in [-0.4, -0.2) is 25.3 Å². The summed E-state index contributed by atoms with van der Waals surface area (Å²) in [4.78, 5) is 23.2. The fraction of sp³-hybridized carbons (Fsp3) is 0.222. The molecule has 0 saturated carbocycles. The van der Waals surface area contributed by atoms with Crippen molar-refractivity contribution in [1.29, 1.82) is 0 Å². The molecule has 0 radical (unpaired) electrons. The maximum absolute atomic E-state index is 11.9. The summed E-state index contributed by atoms with van der Waals surface area (Å²) in [7, 11) is 1.61. The minimum Gasteiger partial charge on any atom is -0.497 e. The van der Waals surface area contributed by atoms with Crippen molar-refractivity contribution in [2.24, 2.45) is 0 Å². The number of benzene rings is 2. The molecule has 0 atom stereocenters. The maximum atomic E-state index is 11.9. The van der Waals surface area contributed by atoms with Crippen LogP contribution in [0.15, 0.2) is 48.5 Å². The fourth-order valence-electron chi connectivity index (χ4n) is 2.08. The van der Waals surface area contributed by atoms with Gasteiger partial charge in [0, 0.05) is 17.8 Å². The lowest BCUT2D eigenvalue weighted by Gasteiger charge is -2.09. The van der Waals surface area contributed by atoms with Gasteiger partial charge in [0.1, 0.15) is 5.75 Å². The molecule has 120 valence electrons. The Labute approximate surface area is 135 Å². The molecule has 0 spiro atoms. The summed E-state index contributed by atoms with van der Waals surface area (Å²) in [5.41, 5.74) is 2.33. The molecule has 1 amide bonds. The highest BCUT2D eigenvalue weighted by molar-refractivity contribution is 5.95. The van der Waals surface area contributed by atoms with Gasteiger partial charge in [0.05, 0.1) is 13.7 Å². The van der Waals surface area contributed by atoms with Crippen LogP contribution in [0.5, 0.6) is 5.75 Å². The van der Waals surface area contributed by atoms with E-state index in [4.69, 9.17) is 4.74 Å². The summed E-state index contributed by atoms with van der Waals surface area (Å²) in [5, 5.41) is 5.84. The predicted molar refractivity (Wildman–Crippen MR) is 89.8 cm³/mol. The lowest BCUT2D eigenvalue weighted by Crippen LogP contribution is -2.29. The molecular weight excluding hydrogens is 292 g/mol. The van der Waals surface area contributed by atoms with E-state index in [0.717, 1.165) is 17.0 Å². The molecule has 0 aliphatic carbocycles. The molecule has 0 bridgehead atoms. The zero-order chi connectivity index (χ0) is 16.7. The van der Waals surface area contributed by atoms with Gasteiger partial charge in [0.2, 0.25) is 5.91 Å². The summed E-state index contributed by atoms with van der Waals surface area (Å²) in [6, 6.07) is 14.6. The standard InChI is InChI=1S/C18H20N2O3/c1-13(21)15-6-4-7-16(10-15)19-12-18(22)20-11-14-5-3-8-17(9-14)23-2/h3-10,19H,11-12H2,1-2H3,(H,20,22). The highest BCUT2D eigenvalue weighted by Crippen LogP contribution is 2.12. The molecule has 0 aliphatic rings. The summed E-state index contributed by atoms with van der Waals surface area (Å²) < 4.78 is 5.14. The van der Waals surface area contributed by atoms with Crippen LogP contribution < -0.4 is 15.4 Å². The molecule has 0 aliphatic heterocycles. The van der Waals surface area contributed by atoms with E-state index in [-0.39, 0.29) is 18.2 Å². The predicted octanol–water partition coefficient (Wildman–Crippen LogP) is 2.63. The third-order valence-corrected chi connectivity index (χ3v) is 3.35. The van der Waals surface area contributed by atoms with Gasteiger partial charge in [-0.15, -0.1) is 0 Å². The zero-order valence-electron chi connectivity index (χ0n) is 13.3. The van der Waals surface area contributed by atoms with E-state index in [1.165, 1.54) is 6.92 Å². The normalized spacial score (nSPS) is 10.0. The van der Waals surface area contributed by atoms with Crippen molar-refractivity contribution in [3.05, 3.63) is 59.7 Å². The third kappa shape index (κ3) is 5.14. The molecule has 5 nitrogen and oxygen atoms in total. The molecule has 5 heteroatoms. The average Bonchev–Trinajstić information content (AvgIpc) is 2.58. The molecule has 2 N–H and O–H groups in total. The molecule has 0 saturated heterocycles. The number of carbonyl (C=O) groups excluding carboxylic acids is 2. The third-order valence-electron chi connectivity index (χ3n) is 3.35. The molecule has 0 fully saturated rings. The van der Waals surface area contributed by atoms with Crippen molar-refractivity contribution in [3.63, 3.8) is 0 Å². The average molecular weight is 312 g/mol. The van der Waals surface area contributed by atoms with Crippen molar-refractivity contribution < 1.29 is 14.3 Å². The number of ketones is 1. The van der Waals surface area contributed by atoms with Gasteiger partial charge in [0.15, 0.2) is 5.78 Å². The summed E-state index contributed by atoms with van der Waals surface area (Å²) in [6.45, 7) is 2.09. The Morgan fingerprint density at radius 1 is 1.09 bits per heavy atom. The van der Waals surface area contributed by atoms with Crippen LogP contribution in [0.2, 0.25) is 0 Å². The van der Waals surface area contributed by atoms with Gasteiger partial charge in [0.25, 0.3) is 0 Å². The number of hydrogen-bond donors (Lipinski definition) is 2. The van der Waals surface area contributed by atoms with Gasteiger partial charge < -0.3 is 15.4 Å². The van der Waals surface area contributed by atoms with Crippen LogP contribution in [0.3, 0.4) is 0 Å². The van der Waals surface area contributed by atoms with Gasteiger partial charge >= 0.3 is 0 Å². The van der Waals surface area contributed by atoms with Gasteiger partial charge in [-0.25, -0.2) is 0 Å². The van der Waals surface area contributed by atoms with Gasteiger partial charge in [-0.3, -0.25) is 9.59 Å². The minimum atomic E-state index is -0.124. The van der Waals surface area contributed by atoms with E-state index in [2.05, 4.69) is 10.6 Å². The number of methoxy groups -OCH3 is 1. The second-order valence-electron chi connectivity index (χ2n) is 5.12. The van der Waals surface area contributed by atoms with E-state index in [1.807, 2.05) is 30.3 Å². The van der Waals surface area contributed by atoms with Gasteiger partial charge in [-0.05, 0) is 36.8 Å². The van der Waals surface area contributed by atoms with Crippen molar-refractivity contribution in [3.8, 4) is 5.75 Å². The number of nitrogens with one attached hydrogen (secondary N) is 2. The van der Waals surface area contributed by atoms with Crippen LogP contribution in [0, 0.1) is 0 Å². The highest BCUT2D eigenvalue weighted by atomic mass is 16.5. The van der Waals surface area contributed by atoms with E-state index in [1.54, 1.807) is 25.3 Å². The van der Waals surface area contributed by atoms with Crippen LogP contribution in [-0.2, 0) is 11.3 Å². The number of anilines is 1. The number of amides is 1. The quantitative estimate of drug-likeness (QED) is 0.771. The van der Waals surface area contributed by atoms with Crippen LogP contribution in [0.4, 0.5) is 5.69 Å². The fourth-order valence-corrected chi connectivity index (χ4v) is 2.08. The highest BCUT2D eigenvalue weighted by Gasteiger charge is 2.04. The Kier molecular flexibility index (Phi) is 5.74. The lowest BCUT2D eigenvalue weighted by atomic mass is 10.1. The SMILES string of the molecule is COc1cccc(CNC(=O)CNc2cccc(C(C)=O)c2)c1. The van der Waals surface area contributed by atoms with Crippen LogP contribution in [0.1, 0.15) is 22.8 Å². The Balaban J connectivity index is 1.83. The van der Waals surface area contributed by atoms with E-state index in [0.29, 0.717) is 12.1 Å². The van der Waals surface area contributed by atoms with Crippen molar-refractivity contribution in [2.45, 2.75) is 13.5 Å². The minimum absolute atomic E-state index is 0.00359. The molecular formula is C18H20N2O3. The van der Waals surface area contributed by atoms with Gasteiger partial charge in [-0.2, -0.15) is 0 Å². The smallest absolute Gasteiger partial charge is 0.239 e. The number of Topliss-reactive ketones (excluding diaryl/α,β-unsaturated/α-hetero) is 1. The van der Waals surface area contributed by atoms with Crippen molar-refractivity contribution in [1.82, 2.24) is 5.32 Å². The molecule has 2 rings (SSSR count). The van der Waals surface area contributed by atoms with E-state index in [9.17, 15) is 9.59 Å². The summed E-state index contributed by atoms with van der Waals surface area (Å²) in [5.74, 6) is 0.632. The first-order chi connectivity index (χ1) is 11.1. The second-order valence-corrected chi connectivity index (χ2v) is 5.12. The van der Waals surface area contributed by atoms with E-state index < -0.39 is 0 Å². The number of carbonyl (C=O) groups is 2. The molecule has 23 heavy (non-hydrogen) atoms. The molecule has 0 unspecified atom stereocenters. The molecule has 2 aromatic rings. The number of hydrogen-bond acceptors (Lipinski definition) is 4. The van der Waals surface area contributed by atoms with Crippen molar-refractivity contribution in [2.75, 3.05) is 19.0 Å². The molecule has 0 heterocycles. The van der Waals surface area contributed by atoms with Crippen molar-refractivity contribution >= 4 is 17.4 Å². The Morgan fingerprint density at radius 3 is 2.61 bits per heavy atom. The first-order valence-electron chi connectivity index (χ1n) is 7.33. The lowest BCUT2D eigenvalue weighted by molar-refractivity contribution is -0.119. The number of rotatable bonds is 7.